The topological polar surface area (TPSA) is 105 Å². The Bertz CT molecular complexity index is 668. The number of benzene rings is 1. The molecule has 8 heteroatoms. The number of phenols is 1. The molecule has 0 spiro atoms. The average Bonchev–Trinajstić information content (AvgIpc) is 2.90. The van der Waals surface area contributed by atoms with Gasteiger partial charge in [-0.3, -0.25) is 5.10 Å². The van der Waals surface area contributed by atoms with Crippen molar-refractivity contribution in [1.29, 1.82) is 0 Å². The molecule has 0 saturated carbocycles. The second kappa shape index (κ2) is 5.08. The van der Waals surface area contributed by atoms with E-state index in [1.807, 2.05) is 0 Å². The monoisotopic (exact) mass is 282 g/mol. The number of H-pyrrole nitrogens is 1. The Morgan fingerprint density at radius 1 is 1.35 bits per heavy atom. The summed E-state index contributed by atoms with van der Waals surface area (Å²) in [6.45, 7) is 0. The lowest BCUT2D eigenvalue weighted by molar-refractivity contribution is 0.0690. The largest absolute Gasteiger partial charge is 0.504 e. The van der Waals surface area contributed by atoms with Gasteiger partial charge in [0.05, 0.1) is 19.8 Å². The molecule has 0 aliphatic rings. The van der Waals surface area contributed by atoms with Crippen LogP contribution in [0.5, 0.6) is 17.2 Å². The summed E-state index contributed by atoms with van der Waals surface area (Å²) in [7, 11) is 2.62. The van der Waals surface area contributed by atoms with Crippen molar-refractivity contribution in [3.8, 4) is 28.5 Å². The number of aromatic carboxylic acids is 1. The van der Waals surface area contributed by atoms with E-state index >= 15 is 0 Å². The minimum absolute atomic E-state index is 0.0227. The number of aromatic hydroxyl groups is 1. The molecular weight excluding hydrogens is 271 g/mol. The second-order valence-electron chi connectivity index (χ2n) is 3.79. The van der Waals surface area contributed by atoms with Crippen molar-refractivity contribution in [2.45, 2.75) is 0 Å². The molecule has 0 radical (unpaired) electrons. The number of hydrogen-bond acceptors (Lipinski definition) is 5. The van der Waals surface area contributed by atoms with E-state index in [1.165, 1.54) is 14.2 Å². The van der Waals surface area contributed by atoms with Crippen molar-refractivity contribution in [3.05, 3.63) is 23.6 Å². The summed E-state index contributed by atoms with van der Waals surface area (Å²) < 4.78 is 23.7. The van der Waals surface area contributed by atoms with Crippen molar-refractivity contribution in [2.75, 3.05) is 14.2 Å². The molecule has 1 aromatic carbocycles. The first-order valence-electron chi connectivity index (χ1n) is 5.42. The van der Waals surface area contributed by atoms with Crippen LogP contribution in [-0.4, -0.2) is 40.6 Å². The van der Waals surface area contributed by atoms with Crippen molar-refractivity contribution >= 4 is 5.97 Å². The third-order valence-electron chi connectivity index (χ3n) is 2.66. The van der Waals surface area contributed by atoms with Crippen LogP contribution in [0.1, 0.15) is 10.5 Å². The molecule has 1 aromatic heterocycles. The van der Waals surface area contributed by atoms with Crippen LogP contribution in [-0.2, 0) is 0 Å². The van der Waals surface area contributed by atoms with Gasteiger partial charge in [0.1, 0.15) is 11.4 Å². The van der Waals surface area contributed by atoms with Gasteiger partial charge in [-0.15, -0.1) is 0 Å². The Morgan fingerprint density at radius 3 is 2.55 bits per heavy atom. The fourth-order valence-electron chi connectivity index (χ4n) is 1.75. The van der Waals surface area contributed by atoms with Gasteiger partial charge in [0.2, 0.25) is 0 Å². The van der Waals surface area contributed by atoms with Crippen molar-refractivity contribution < 1.29 is 28.9 Å². The quantitative estimate of drug-likeness (QED) is 0.787. The van der Waals surface area contributed by atoms with Crippen molar-refractivity contribution in [2.24, 2.45) is 0 Å². The minimum Gasteiger partial charge on any atom is -0.504 e. The number of aromatic amines is 1. The van der Waals surface area contributed by atoms with Gasteiger partial charge < -0.3 is 19.7 Å². The molecular formula is C12H11FN2O5. The molecule has 0 saturated heterocycles. The predicted octanol–water partition coefficient (Wildman–Crippen LogP) is 1.64. The van der Waals surface area contributed by atoms with E-state index in [9.17, 15) is 14.3 Å². The molecule has 0 aliphatic carbocycles. The maximum atomic E-state index is 13.7. The molecule has 0 bridgehead atoms. The number of hydrogen-bond donors (Lipinski definition) is 3. The van der Waals surface area contributed by atoms with E-state index in [1.54, 1.807) is 0 Å². The highest BCUT2D eigenvalue weighted by Crippen LogP contribution is 2.44. The van der Waals surface area contributed by atoms with E-state index in [0.29, 0.717) is 0 Å². The van der Waals surface area contributed by atoms with Crippen molar-refractivity contribution in [1.82, 2.24) is 10.2 Å². The summed E-state index contributed by atoms with van der Waals surface area (Å²) in [6, 6.07) is 2.11. The fourth-order valence-corrected chi connectivity index (χ4v) is 1.75. The molecule has 0 atom stereocenters. The van der Waals surface area contributed by atoms with Gasteiger partial charge in [-0.25, -0.2) is 9.18 Å². The summed E-state index contributed by atoms with van der Waals surface area (Å²) in [5.41, 5.74) is -0.271. The Kier molecular flexibility index (Phi) is 3.47. The van der Waals surface area contributed by atoms with Crippen LogP contribution in [0.15, 0.2) is 12.1 Å². The number of aromatic nitrogens is 2. The summed E-state index contributed by atoms with van der Waals surface area (Å²) in [5, 5.41) is 24.6. The van der Waals surface area contributed by atoms with Crippen LogP contribution in [0.4, 0.5) is 4.39 Å². The zero-order chi connectivity index (χ0) is 14.9. The molecule has 0 fully saturated rings. The van der Waals surface area contributed by atoms with Crippen LogP contribution in [0, 0.1) is 5.82 Å². The highest BCUT2D eigenvalue weighted by Gasteiger charge is 2.23. The minimum atomic E-state index is -1.23. The number of carbonyl (C=O) groups is 1. The van der Waals surface area contributed by atoms with Crippen LogP contribution < -0.4 is 9.47 Å². The first-order valence-corrected chi connectivity index (χ1v) is 5.42. The second-order valence-corrected chi connectivity index (χ2v) is 3.79. The third kappa shape index (κ3) is 2.11. The lowest BCUT2D eigenvalue weighted by atomic mass is 10.1. The number of methoxy groups -OCH3 is 2. The van der Waals surface area contributed by atoms with Crippen LogP contribution in [0.25, 0.3) is 11.3 Å². The van der Waals surface area contributed by atoms with Gasteiger partial charge in [-0.05, 0) is 6.07 Å². The lowest BCUT2D eigenvalue weighted by Crippen LogP contribution is -1.96. The number of halogens is 1. The molecule has 0 aliphatic heterocycles. The van der Waals surface area contributed by atoms with Crippen LogP contribution in [0.2, 0.25) is 0 Å². The van der Waals surface area contributed by atoms with E-state index in [4.69, 9.17) is 14.6 Å². The smallest absolute Gasteiger partial charge is 0.353 e. The number of nitrogens with one attached hydrogen (secondary N) is 1. The first-order chi connectivity index (χ1) is 9.49. The highest BCUT2D eigenvalue weighted by atomic mass is 19.1. The van der Waals surface area contributed by atoms with Gasteiger partial charge in [-0.2, -0.15) is 5.10 Å². The first kappa shape index (κ1) is 13.7. The van der Waals surface area contributed by atoms with Crippen molar-refractivity contribution in [3.63, 3.8) is 0 Å². The van der Waals surface area contributed by atoms with Crippen LogP contribution >= 0.6 is 0 Å². The standard InChI is InChI=1S/C12H11FN2O5/c1-19-8-3-5(13)10(16)9(11(8)20-2)6-4-7(12(17)18)15-14-6/h3-4,16H,1-2H3,(H,14,15)(H,17,18). The number of ether oxygens (including phenoxy) is 2. The van der Waals surface area contributed by atoms with E-state index in [-0.39, 0.29) is 28.5 Å². The Balaban J connectivity index is 2.70. The summed E-state index contributed by atoms with van der Waals surface area (Å²) >= 11 is 0. The van der Waals surface area contributed by atoms with Gasteiger partial charge >= 0.3 is 5.97 Å². The normalized spacial score (nSPS) is 10.3. The van der Waals surface area contributed by atoms with Gasteiger partial charge in [0.25, 0.3) is 0 Å². The molecule has 0 amide bonds. The molecule has 2 aromatic rings. The summed E-state index contributed by atoms with van der Waals surface area (Å²) in [5.74, 6) is -2.76. The van der Waals surface area contributed by atoms with Gasteiger partial charge in [-0.1, -0.05) is 0 Å². The molecule has 20 heavy (non-hydrogen) atoms. The maximum absolute atomic E-state index is 13.7. The summed E-state index contributed by atoms with van der Waals surface area (Å²) in [6.07, 6.45) is 0. The molecule has 3 N–H and O–H groups in total. The number of phenolic OH excluding ortho intramolecular Hbond substituents is 1. The Hall–Kier alpha value is -2.77. The average molecular weight is 282 g/mol. The van der Waals surface area contributed by atoms with E-state index in [2.05, 4.69) is 10.2 Å². The predicted molar refractivity (Wildman–Crippen MR) is 65.7 cm³/mol. The number of carboxylic acids is 1. The van der Waals surface area contributed by atoms with E-state index in [0.717, 1.165) is 12.1 Å². The molecule has 106 valence electrons. The Labute approximate surface area is 112 Å². The van der Waals surface area contributed by atoms with Crippen LogP contribution in [0.3, 0.4) is 0 Å². The molecule has 2 rings (SSSR count). The maximum Gasteiger partial charge on any atom is 0.353 e. The highest BCUT2D eigenvalue weighted by molar-refractivity contribution is 5.88. The zero-order valence-electron chi connectivity index (χ0n) is 10.6. The molecule has 7 nitrogen and oxygen atoms in total. The van der Waals surface area contributed by atoms with E-state index < -0.39 is 17.5 Å². The van der Waals surface area contributed by atoms with Gasteiger partial charge in [0, 0.05) is 6.07 Å². The third-order valence-corrected chi connectivity index (χ3v) is 2.66. The number of rotatable bonds is 4. The zero-order valence-corrected chi connectivity index (χ0v) is 10.6. The number of carboxylic acid groups (broad SMARTS) is 1. The van der Waals surface area contributed by atoms with Gasteiger partial charge in [0.15, 0.2) is 23.1 Å². The number of nitrogens with zero attached hydrogens (tertiary/aromatic N) is 1. The molecule has 1 heterocycles. The SMILES string of the molecule is COc1cc(F)c(O)c(-c2cc(C(=O)O)[nH]n2)c1OC. The lowest BCUT2D eigenvalue weighted by Gasteiger charge is -2.13. The fraction of sp³-hybridized carbons (Fsp3) is 0.167. The Morgan fingerprint density at radius 2 is 2.05 bits per heavy atom. The molecule has 0 unspecified atom stereocenters. The summed E-state index contributed by atoms with van der Waals surface area (Å²) in [4.78, 5) is 10.8.